The largest absolute Gasteiger partial charge is 0.354 e. The molecule has 1 atom stereocenters. The van der Waals surface area contributed by atoms with E-state index in [1.165, 1.54) is 5.56 Å². The Bertz CT molecular complexity index is 723. The second kappa shape index (κ2) is 10.2. The maximum absolute atomic E-state index is 6.07. The Morgan fingerprint density at radius 1 is 1.31 bits per heavy atom. The summed E-state index contributed by atoms with van der Waals surface area (Å²) in [7, 11) is 11.9. The third kappa shape index (κ3) is 5.88. The number of halogens is 2. The van der Waals surface area contributed by atoms with E-state index in [4.69, 9.17) is 11.6 Å². The summed E-state index contributed by atoms with van der Waals surface area (Å²) < 4.78 is 3.86. The first-order valence-corrected chi connectivity index (χ1v) is 8.57. The van der Waals surface area contributed by atoms with Crippen LogP contribution in [-0.4, -0.2) is 64.8 Å². The Kier molecular flexibility index (Phi) is 8.91. The Morgan fingerprint density at radius 3 is 2.46 bits per heavy atom. The Hall–Kier alpha value is -1.26. The zero-order valence-corrected chi connectivity index (χ0v) is 19.4. The number of aryl methyl sites for hydroxylation is 2. The van der Waals surface area contributed by atoms with Crippen molar-refractivity contribution in [1.82, 2.24) is 29.5 Å². The molecule has 7 nitrogen and oxygen atoms in total. The lowest BCUT2D eigenvalue weighted by molar-refractivity contribution is 0.295. The number of rotatable bonds is 6. The Balaban J connectivity index is 0.00000338. The standard InChI is InChI=1S/C17H28ClN7.HI/c1-19-17(24(5)12-15-7-14(18)11-23(15)4)20-9-16(22(2)3)13-8-21-25(6)10-13;/h7-8,10-11,16H,9,12H2,1-6H3,(H,19,20);1H. The molecule has 2 aromatic heterocycles. The Morgan fingerprint density at radius 2 is 2.00 bits per heavy atom. The van der Waals surface area contributed by atoms with E-state index >= 15 is 0 Å². The molecule has 2 heterocycles. The van der Waals surface area contributed by atoms with Gasteiger partial charge in [0.25, 0.3) is 0 Å². The van der Waals surface area contributed by atoms with Crippen LogP contribution < -0.4 is 5.32 Å². The van der Waals surface area contributed by atoms with Crippen molar-refractivity contribution in [2.24, 2.45) is 19.1 Å². The van der Waals surface area contributed by atoms with E-state index in [9.17, 15) is 0 Å². The molecule has 0 radical (unpaired) electrons. The van der Waals surface area contributed by atoms with Gasteiger partial charge >= 0.3 is 0 Å². The van der Waals surface area contributed by atoms with Crippen molar-refractivity contribution in [2.75, 3.05) is 34.7 Å². The number of nitrogens with one attached hydrogen (secondary N) is 1. The molecular weight excluding hydrogens is 465 g/mol. The second-order valence-electron chi connectivity index (χ2n) is 6.47. The van der Waals surface area contributed by atoms with Crippen LogP contribution in [0.15, 0.2) is 29.6 Å². The zero-order chi connectivity index (χ0) is 18.6. The number of nitrogens with zero attached hydrogens (tertiary/aromatic N) is 6. The van der Waals surface area contributed by atoms with Gasteiger partial charge in [0, 0.05) is 58.4 Å². The van der Waals surface area contributed by atoms with Crippen molar-refractivity contribution in [2.45, 2.75) is 12.6 Å². The predicted molar refractivity (Wildman–Crippen MR) is 118 cm³/mol. The van der Waals surface area contributed by atoms with Gasteiger partial charge in [0.2, 0.25) is 0 Å². The number of likely N-dealkylation sites (N-methyl/N-ethyl adjacent to an activating group) is 1. The molecular formula is C17H29ClIN7. The van der Waals surface area contributed by atoms with Crippen LogP contribution in [0.2, 0.25) is 5.02 Å². The molecule has 0 saturated carbocycles. The van der Waals surface area contributed by atoms with Gasteiger partial charge in [0.05, 0.1) is 23.8 Å². The number of aromatic nitrogens is 3. The topological polar surface area (TPSA) is 53.6 Å². The zero-order valence-electron chi connectivity index (χ0n) is 16.3. The van der Waals surface area contributed by atoms with Crippen LogP contribution in [0.5, 0.6) is 0 Å². The maximum atomic E-state index is 6.07. The van der Waals surface area contributed by atoms with E-state index in [0.717, 1.165) is 29.8 Å². The molecule has 2 aromatic rings. The van der Waals surface area contributed by atoms with Gasteiger partial charge in [-0.25, -0.2) is 0 Å². The molecule has 0 aliphatic rings. The van der Waals surface area contributed by atoms with Crippen LogP contribution in [0.1, 0.15) is 17.3 Å². The molecule has 0 amide bonds. The van der Waals surface area contributed by atoms with E-state index in [1.54, 1.807) is 7.05 Å². The minimum absolute atomic E-state index is 0. The van der Waals surface area contributed by atoms with E-state index in [1.807, 2.05) is 55.0 Å². The molecule has 0 spiro atoms. The number of guanidine groups is 1. The second-order valence-corrected chi connectivity index (χ2v) is 6.91. The van der Waals surface area contributed by atoms with Crippen molar-refractivity contribution < 1.29 is 0 Å². The van der Waals surface area contributed by atoms with Gasteiger partial charge in [-0.3, -0.25) is 9.67 Å². The van der Waals surface area contributed by atoms with Gasteiger partial charge in [-0.15, -0.1) is 24.0 Å². The van der Waals surface area contributed by atoms with Crippen LogP contribution in [0.25, 0.3) is 0 Å². The van der Waals surface area contributed by atoms with Gasteiger partial charge in [-0.1, -0.05) is 11.6 Å². The quantitative estimate of drug-likeness (QED) is 0.381. The fourth-order valence-corrected chi connectivity index (χ4v) is 3.10. The summed E-state index contributed by atoms with van der Waals surface area (Å²) in [5.74, 6) is 0.841. The molecule has 2 rings (SSSR count). The van der Waals surface area contributed by atoms with E-state index in [-0.39, 0.29) is 30.0 Å². The summed E-state index contributed by atoms with van der Waals surface area (Å²) in [6.07, 6.45) is 5.86. The summed E-state index contributed by atoms with van der Waals surface area (Å²) in [6, 6.07) is 2.19. The fraction of sp³-hybridized carbons (Fsp3) is 0.529. The molecule has 0 aliphatic carbocycles. The monoisotopic (exact) mass is 493 g/mol. The van der Waals surface area contributed by atoms with Gasteiger partial charge in [0.15, 0.2) is 5.96 Å². The SMILES string of the molecule is CN=C(NCC(c1cnn(C)c1)N(C)C)N(C)Cc1cc(Cl)cn1C.I. The lowest BCUT2D eigenvalue weighted by Gasteiger charge is -2.27. The molecule has 146 valence electrons. The highest BCUT2D eigenvalue weighted by Crippen LogP contribution is 2.17. The van der Waals surface area contributed by atoms with Crippen LogP contribution in [0, 0.1) is 0 Å². The summed E-state index contributed by atoms with van der Waals surface area (Å²) in [5, 5.41) is 8.48. The Labute approximate surface area is 178 Å². The molecule has 0 saturated heterocycles. The lowest BCUT2D eigenvalue weighted by atomic mass is 10.1. The molecule has 26 heavy (non-hydrogen) atoms. The van der Waals surface area contributed by atoms with Gasteiger partial charge < -0.3 is 19.7 Å². The molecule has 0 fully saturated rings. The summed E-state index contributed by atoms with van der Waals surface area (Å²) >= 11 is 6.07. The average molecular weight is 494 g/mol. The maximum Gasteiger partial charge on any atom is 0.193 e. The smallest absolute Gasteiger partial charge is 0.193 e. The third-order valence-electron chi connectivity index (χ3n) is 4.23. The van der Waals surface area contributed by atoms with Crippen LogP contribution in [-0.2, 0) is 20.6 Å². The summed E-state index contributed by atoms with van der Waals surface area (Å²) in [5.41, 5.74) is 2.30. The van der Waals surface area contributed by atoms with Crippen LogP contribution >= 0.6 is 35.6 Å². The van der Waals surface area contributed by atoms with Crippen molar-refractivity contribution in [3.63, 3.8) is 0 Å². The number of hydrogen-bond acceptors (Lipinski definition) is 3. The van der Waals surface area contributed by atoms with Crippen molar-refractivity contribution in [3.05, 3.63) is 40.9 Å². The molecule has 0 aromatic carbocycles. The number of aliphatic imine (C=N–C) groups is 1. The van der Waals surface area contributed by atoms with Crippen molar-refractivity contribution in [3.8, 4) is 0 Å². The molecule has 1 unspecified atom stereocenters. The van der Waals surface area contributed by atoms with Crippen molar-refractivity contribution in [1.29, 1.82) is 0 Å². The first-order valence-electron chi connectivity index (χ1n) is 8.19. The highest BCUT2D eigenvalue weighted by atomic mass is 127. The van der Waals surface area contributed by atoms with Crippen molar-refractivity contribution >= 4 is 41.5 Å². The van der Waals surface area contributed by atoms with Gasteiger partial charge in [-0.2, -0.15) is 5.10 Å². The molecule has 9 heteroatoms. The lowest BCUT2D eigenvalue weighted by Crippen LogP contribution is -2.42. The molecule has 1 N–H and O–H groups in total. The minimum atomic E-state index is 0. The van der Waals surface area contributed by atoms with Crippen LogP contribution in [0.3, 0.4) is 0 Å². The first-order chi connectivity index (χ1) is 11.8. The van der Waals surface area contributed by atoms with Gasteiger partial charge in [-0.05, 0) is 20.2 Å². The normalized spacial score (nSPS) is 12.8. The molecule has 0 aliphatic heterocycles. The highest BCUT2D eigenvalue weighted by Gasteiger charge is 2.17. The first kappa shape index (κ1) is 22.8. The summed E-state index contributed by atoms with van der Waals surface area (Å²) in [4.78, 5) is 8.66. The number of hydrogen-bond donors (Lipinski definition) is 1. The summed E-state index contributed by atoms with van der Waals surface area (Å²) in [6.45, 7) is 1.46. The fourth-order valence-electron chi connectivity index (χ4n) is 2.82. The molecule has 0 bridgehead atoms. The highest BCUT2D eigenvalue weighted by molar-refractivity contribution is 14.0. The average Bonchev–Trinajstić information content (AvgIpc) is 3.09. The third-order valence-corrected chi connectivity index (χ3v) is 4.44. The van der Waals surface area contributed by atoms with E-state index in [2.05, 4.69) is 39.3 Å². The minimum Gasteiger partial charge on any atom is -0.354 e. The van der Waals surface area contributed by atoms with Gasteiger partial charge in [0.1, 0.15) is 0 Å². The van der Waals surface area contributed by atoms with E-state index in [0.29, 0.717) is 0 Å². The van der Waals surface area contributed by atoms with E-state index < -0.39 is 0 Å². The van der Waals surface area contributed by atoms with Crippen LogP contribution in [0.4, 0.5) is 0 Å². The predicted octanol–water partition coefficient (Wildman–Crippen LogP) is 2.34.